The lowest BCUT2D eigenvalue weighted by Crippen LogP contribution is -2.14. The highest BCUT2D eigenvalue weighted by atomic mass is 32.3. The first kappa shape index (κ1) is 10.6. The van der Waals surface area contributed by atoms with Crippen LogP contribution in [0, 0.1) is 0 Å². The fourth-order valence-electron chi connectivity index (χ4n) is 1.23. The maximum Gasteiger partial charge on any atom is 0.419 e. The number of nitrogens with one attached hydrogen (secondary N) is 1. The Bertz CT molecular complexity index is 773. The standard InChI is InChI=1S/C8H4FNO5S/c9-16(13,14)4-1-2-6-5(3-4)7(11)15-8(12)10-6/h1-3H,(H,10,12). The van der Waals surface area contributed by atoms with Gasteiger partial charge in [0.1, 0.15) is 0 Å². The first-order valence-corrected chi connectivity index (χ1v) is 5.38. The first-order valence-electron chi connectivity index (χ1n) is 4.00. The van der Waals surface area contributed by atoms with Crippen LogP contribution in [0.25, 0.3) is 10.9 Å². The monoisotopic (exact) mass is 245 g/mol. The molecule has 0 spiro atoms. The summed E-state index contributed by atoms with van der Waals surface area (Å²) in [4.78, 5) is 23.4. The van der Waals surface area contributed by atoms with E-state index in [0.717, 1.165) is 18.2 Å². The first-order chi connectivity index (χ1) is 7.38. The summed E-state index contributed by atoms with van der Waals surface area (Å²) in [7, 11) is -4.89. The van der Waals surface area contributed by atoms with Crippen LogP contribution in [0.4, 0.5) is 3.89 Å². The van der Waals surface area contributed by atoms with Gasteiger partial charge in [-0.2, -0.15) is 8.42 Å². The molecule has 0 aliphatic rings. The van der Waals surface area contributed by atoms with Gasteiger partial charge in [-0.25, -0.2) is 9.59 Å². The van der Waals surface area contributed by atoms with Gasteiger partial charge in [0.05, 0.1) is 15.8 Å². The molecule has 6 nitrogen and oxygen atoms in total. The Morgan fingerprint density at radius 2 is 1.94 bits per heavy atom. The highest BCUT2D eigenvalue weighted by Gasteiger charge is 2.14. The number of halogens is 1. The van der Waals surface area contributed by atoms with Crippen LogP contribution in [0.5, 0.6) is 0 Å². The third-order valence-electron chi connectivity index (χ3n) is 1.91. The van der Waals surface area contributed by atoms with E-state index in [2.05, 4.69) is 9.40 Å². The third kappa shape index (κ3) is 1.74. The molecule has 0 saturated heterocycles. The molecule has 0 fully saturated rings. The van der Waals surface area contributed by atoms with Crippen molar-refractivity contribution < 1.29 is 16.7 Å². The zero-order valence-electron chi connectivity index (χ0n) is 7.56. The number of H-pyrrole nitrogens is 1. The summed E-state index contributed by atoms with van der Waals surface area (Å²) in [5.41, 5.74) is -0.946. The van der Waals surface area contributed by atoms with Crippen LogP contribution in [0.3, 0.4) is 0 Å². The van der Waals surface area contributed by atoms with Crippen LogP contribution >= 0.6 is 0 Å². The summed E-state index contributed by atoms with van der Waals surface area (Å²) >= 11 is 0. The summed E-state index contributed by atoms with van der Waals surface area (Å²) < 4.78 is 38.0. The minimum Gasteiger partial charge on any atom is -0.372 e. The molecule has 1 aromatic carbocycles. The maximum absolute atomic E-state index is 12.6. The Labute approximate surface area is 87.5 Å². The SMILES string of the molecule is O=c1[nH]c2ccc(S(=O)(=O)F)cc2c(=O)o1. The fourth-order valence-corrected chi connectivity index (χ4v) is 1.72. The number of benzene rings is 1. The third-order valence-corrected chi connectivity index (χ3v) is 2.73. The fraction of sp³-hybridized carbons (Fsp3) is 0. The van der Waals surface area contributed by atoms with Crippen molar-refractivity contribution in [3.05, 3.63) is 39.2 Å². The molecule has 2 rings (SSSR count). The Kier molecular flexibility index (Phi) is 2.16. The van der Waals surface area contributed by atoms with Crippen LogP contribution in [0.2, 0.25) is 0 Å². The van der Waals surface area contributed by atoms with Gasteiger partial charge < -0.3 is 4.42 Å². The lowest BCUT2D eigenvalue weighted by molar-refractivity contribution is 0.460. The summed E-state index contributed by atoms with van der Waals surface area (Å²) in [5, 5.41) is -0.210. The van der Waals surface area contributed by atoms with Crippen molar-refractivity contribution in [2.75, 3.05) is 0 Å². The van der Waals surface area contributed by atoms with E-state index >= 15 is 0 Å². The predicted octanol–water partition coefficient (Wildman–Crippen LogP) is 0.140. The summed E-state index contributed by atoms with van der Waals surface area (Å²) in [6.45, 7) is 0. The average Bonchev–Trinajstić information content (AvgIpc) is 2.15. The van der Waals surface area contributed by atoms with Gasteiger partial charge in [0.15, 0.2) is 0 Å². The van der Waals surface area contributed by atoms with E-state index in [4.69, 9.17) is 0 Å². The maximum atomic E-state index is 12.6. The summed E-state index contributed by atoms with van der Waals surface area (Å²) in [6, 6.07) is 2.85. The predicted molar refractivity (Wildman–Crippen MR) is 51.4 cm³/mol. The van der Waals surface area contributed by atoms with E-state index in [1.807, 2.05) is 0 Å². The molecule has 0 aliphatic heterocycles. The van der Waals surface area contributed by atoms with Gasteiger partial charge >= 0.3 is 21.6 Å². The Balaban J connectivity index is 2.93. The molecule has 2 aromatic rings. The molecule has 0 bridgehead atoms. The van der Waals surface area contributed by atoms with Gasteiger partial charge in [-0.3, -0.25) is 4.98 Å². The molecule has 1 N–H and O–H groups in total. The molecule has 0 amide bonds. The van der Waals surface area contributed by atoms with E-state index in [0.29, 0.717) is 0 Å². The topological polar surface area (TPSA) is 97.2 Å². The van der Waals surface area contributed by atoms with Crippen LogP contribution in [0.1, 0.15) is 0 Å². The zero-order chi connectivity index (χ0) is 11.9. The van der Waals surface area contributed by atoms with E-state index in [-0.39, 0.29) is 10.9 Å². The molecule has 1 heterocycles. The average molecular weight is 245 g/mol. The summed E-state index contributed by atoms with van der Waals surface area (Å²) in [5.74, 6) is -0.964. The van der Waals surface area contributed by atoms with Crippen LogP contribution in [-0.2, 0) is 10.2 Å². The van der Waals surface area contributed by atoms with E-state index in [9.17, 15) is 21.9 Å². The van der Waals surface area contributed by atoms with Crippen LogP contribution < -0.4 is 11.4 Å². The smallest absolute Gasteiger partial charge is 0.372 e. The largest absolute Gasteiger partial charge is 0.419 e. The molecular formula is C8H4FNO5S. The van der Waals surface area contributed by atoms with Crippen molar-refractivity contribution in [2.24, 2.45) is 0 Å². The minimum atomic E-state index is -4.89. The van der Waals surface area contributed by atoms with Crippen molar-refractivity contribution in [2.45, 2.75) is 4.90 Å². The van der Waals surface area contributed by atoms with Gasteiger partial charge in [-0.1, -0.05) is 0 Å². The second kappa shape index (κ2) is 3.27. The van der Waals surface area contributed by atoms with Crippen molar-refractivity contribution >= 4 is 21.1 Å². The molecule has 0 aliphatic carbocycles. The minimum absolute atomic E-state index is 0.0775. The van der Waals surface area contributed by atoms with E-state index in [1.54, 1.807) is 0 Å². The zero-order valence-corrected chi connectivity index (χ0v) is 8.38. The second-order valence-electron chi connectivity index (χ2n) is 2.95. The van der Waals surface area contributed by atoms with Crippen LogP contribution in [0.15, 0.2) is 37.1 Å². The number of rotatable bonds is 1. The number of aromatic amines is 1. The molecule has 16 heavy (non-hydrogen) atoms. The highest BCUT2D eigenvalue weighted by molar-refractivity contribution is 7.86. The van der Waals surface area contributed by atoms with Gasteiger partial charge in [-0.05, 0) is 18.2 Å². The van der Waals surface area contributed by atoms with Crippen molar-refractivity contribution in [3.63, 3.8) is 0 Å². The number of aromatic nitrogens is 1. The number of fused-ring (bicyclic) bond motifs is 1. The Morgan fingerprint density at radius 1 is 1.25 bits per heavy atom. The van der Waals surface area contributed by atoms with Crippen molar-refractivity contribution in [1.82, 2.24) is 4.98 Å². The van der Waals surface area contributed by atoms with E-state index < -0.39 is 26.5 Å². The molecule has 84 valence electrons. The molecule has 1 aromatic heterocycles. The second-order valence-corrected chi connectivity index (χ2v) is 4.29. The van der Waals surface area contributed by atoms with Gasteiger partial charge in [0.2, 0.25) is 0 Å². The van der Waals surface area contributed by atoms with Gasteiger partial charge in [-0.15, -0.1) is 3.89 Å². The Hall–Kier alpha value is -1.96. The molecule has 0 unspecified atom stereocenters. The lowest BCUT2D eigenvalue weighted by Gasteiger charge is -1.97. The highest BCUT2D eigenvalue weighted by Crippen LogP contribution is 2.15. The molecule has 0 atom stereocenters. The Morgan fingerprint density at radius 3 is 2.56 bits per heavy atom. The van der Waals surface area contributed by atoms with Crippen molar-refractivity contribution in [1.29, 1.82) is 0 Å². The normalized spacial score (nSPS) is 11.8. The van der Waals surface area contributed by atoms with Crippen LogP contribution in [-0.4, -0.2) is 13.4 Å². The van der Waals surface area contributed by atoms with Gasteiger partial charge in [0.25, 0.3) is 0 Å². The molecule has 0 radical (unpaired) electrons. The molecule has 8 heteroatoms. The quantitative estimate of drug-likeness (QED) is 0.720. The number of hydrogen-bond acceptors (Lipinski definition) is 5. The summed E-state index contributed by atoms with van der Waals surface area (Å²) in [6.07, 6.45) is 0. The molecular weight excluding hydrogens is 241 g/mol. The van der Waals surface area contributed by atoms with Crippen molar-refractivity contribution in [3.8, 4) is 0 Å². The number of hydrogen-bond donors (Lipinski definition) is 1. The lowest BCUT2D eigenvalue weighted by atomic mass is 10.2. The molecule has 0 saturated carbocycles. The van der Waals surface area contributed by atoms with Gasteiger partial charge in [0, 0.05) is 0 Å². The van der Waals surface area contributed by atoms with E-state index in [1.165, 1.54) is 0 Å².